The Morgan fingerprint density at radius 1 is 1.26 bits per heavy atom. The number of nitrogens with one attached hydrogen (secondary N) is 2. The van der Waals surface area contributed by atoms with Gasteiger partial charge in [0.25, 0.3) is 5.91 Å². The molecule has 0 aromatic heterocycles. The minimum atomic E-state index is -3.02. The zero-order valence-electron chi connectivity index (χ0n) is 9.78. The number of methoxy groups -OCH3 is 1. The summed E-state index contributed by atoms with van der Waals surface area (Å²) in [5.74, 6) is -0.657. The largest absolute Gasteiger partial charge is 0.493 e. The number of benzene rings is 1. The van der Waals surface area contributed by atoms with Gasteiger partial charge >= 0.3 is 12.6 Å². The first kappa shape index (κ1) is 13.1. The highest BCUT2D eigenvalue weighted by atomic mass is 19.3. The van der Waals surface area contributed by atoms with Crippen LogP contribution in [0, 0.1) is 0 Å². The lowest BCUT2D eigenvalue weighted by Crippen LogP contribution is -2.22. The number of amides is 3. The summed E-state index contributed by atoms with van der Waals surface area (Å²) < 4.78 is 33.7. The zero-order valence-corrected chi connectivity index (χ0v) is 9.78. The summed E-state index contributed by atoms with van der Waals surface area (Å²) in [6.07, 6.45) is 0. The Bertz CT molecular complexity index is 521. The van der Waals surface area contributed by atoms with Crippen LogP contribution in [0.2, 0.25) is 0 Å². The fourth-order valence-corrected chi connectivity index (χ4v) is 1.71. The maximum Gasteiger partial charge on any atom is 0.387 e. The summed E-state index contributed by atoms with van der Waals surface area (Å²) >= 11 is 0. The molecule has 0 spiro atoms. The monoisotopic (exact) mass is 272 g/mol. The number of halogens is 2. The fourth-order valence-electron chi connectivity index (χ4n) is 1.71. The number of hydrogen-bond acceptors (Lipinski definition) is 4. The predicted octanol–water partition coefficient (Wildman–Crippen LogP) is 1.18. The van der Waals surface area contributed by atoms with Crippen LogP contribution in [-0.2, 0) is 4.79 Å². The van der Waals surface area contributed by atoms with E-state index in [9.17, 15) is 18.4 Å². The van der Waals surface area contributed by atoms with E-state index in [0.717, 1.165) is 0 Å². The summed E-state index contributed by atoms with van der Waals surface area (Å²) in [6.45, 7) is -3.02. The molecule has 19 heavy (non-hydrogen) atoms. The Labute approximate surface area is 106 Å². The molecule has 1 aliphatic heterocycles. The van der Waals surface area contributed by atoms with Gasteiger partial charge in [-0.25, -0.2) is 4.79 Å². The Balaban J connectivity index is 2.32. The van der Waals surface area contributed by atoms with Gasteiger partial charge in [0.1, 0.15) is 6.04 Å². The van der Waals surface area contributed by atoms with Crippen molar-refractivity contribution < 1.29 is 27.8 Å². The molecule has 1 heterocycles. The average Bonchev–Trinajstić information content (AvgIpc) is 2.67. The third kappa shape index (κ3) is 2.72. The number of rotatable bonds is 4. The van der Waals surface area contributed by atoms with Crippen molar-refractivity contribution in [1.29, 1.82) is 0 Å². The molecule has 1 fully saturated rings. The molecule has 0 bridgehead atoms. The van der Waals surface area contributed by atoms with Gasteiger partial charge in [-0.2, -0.15) is 8.78 Å². The standard InChI is InChI=1S/C11H10F2N2O4/c1-18-6-3-2-5(4-7(6)19-10(12)13)8-9(16)15-11(17)14-8/h2-4,8,10H,1H3,(H2,14,15,16,17). The molecule has 102 valence electrons. The normalized spacial score (nSPS) is 18.2. The van der Waals surface area contributed by atoms with Crippen molar-refractivity contribution in [2.45, 2.75) is 12.7 Å². The van der Waals surface area contributed by atoms with E-state index in [1.165, 1.54) is 25.3 Å². The third-order valence-corrected chi connectivity index (χ3v) is 2.51. The second-order valence-electron chi connectivity index (χ2n) is 3.68. The molecular formula is C11H10F2N2O4. The van der Waals surface area contributed by atoms with Gasteiger partial charge in [-0.05, 0) is 17.7 Å². The number of imide groups is 1. The molecule has 1 aromatic rings. The lowest BCUT2D eigenvalue weighted by Gasteiger charge is -2.13. The molecule has 0 saturated carbocycles. The molecule has 8 heteroatoms. The molecule has 0 radical (unpaired) electrons. The summed E-state index contributed by atoms with van der Waals surface area (Å²) in [5.41, 5.74) is 0.319. The molecule has 6 nitrogen and oxygen atoms in total. The van der Waals surface area contributed by atoms with Crippen molar-refractivity contribution >= 4 is 11.9 Å². The van der Waals surface area contributed by atoms with E-state index in [1.807, 2.05) is 5.32 Å². The van der Waals surface area contributed by atoms with E-state index in [-0.39, 0.29) is 11.5 Å². The van der Waals surface area contributed by atoms with Crippen LogP contribution in [0.5, 0.6) is 11.5 Å². The van der Waals surface area contributed by atoms with E-state index in [1.54, 1.807) is 0 Å². The van der Waals surface area contributed by atoms with Gasteiger partial charge < -0.3 is 14.8 Å². The van der Waals surface area contributed by atoms with E-state index < -0.39 is 24.6 Å². The van der Waals surface area contributed by atoms with Gasteiger partial charge in [0.15, 0.2) is 11.5 Å². The molecule has 2 rings (SSSR count). The van der Waals surface area contributed by atoms with E-state index >= 15 is 0 Å². The van der Waals surface area contributed by atoms with Crippen molar-refractivity contribution in [2.24, 2.45) is 0 Å². The minimum absolute atomic E-state index is 0.105. The molecule has 1 aromatic carbocycles. The maximum atomic E-state index is 12.3. The Morgan fingerprint density at radius 2 is 2.00 bits per heavy atom. The van der Waals surface area contributed by atoms with Crippen molar-refractivity contribution in [1.82, 2.24) is 10.6 Å². The number of carbonyl (C=O) groups excluding carboxylic acids is 2. The van der Waals surface area contributed by atoms with Gasteiger partial charge in [0.2, 0.25) is 0 Å². The van der Waals surface area contributed by atoms with Crippen LogP contribution >= 0.6 is 0 Å². The molecule has 2 N–H and O–H groups in total. The molecule has 1 saturated heterocycles. The summed E-state index contributed by atoms with van der Waals surface area (Å²) in [4.78, 5) is 22.5. The fraction of sp³-hybridized carbons (Fsp3) is 0.273. The smallest absolute Gasteiger partial charge is 0.387 e. The Hall–Kier alpha value is -2.38. The van der Waals surface area contributed by atoms with Gasteiger partial charge in [0, 0.05) is 0 Å². The summed E-state index contributed by atoms with van der Waals surface area (Å²) in [6, 6.07) is 2.51. The highest BCUT2D eigenvalue weighted by Crippen LogP contribution is 2.32. The first-order valence-electron chi connectivity index (χ1n) is 5.25. The van der Waals surface area contributed by atoms with Crippen LogP contribution in [0.4, 0.5) is 13.6 Å². The summed E-state index contributed by atoms with van der Waals surface area (Å²) in [7, 11) is 1.30. The second-order valence-corrected chi connectivity index (χ2v) is 3.68. The minimum Gasteiger partial charge on any atom is -0.493 e. The molecule has 0 aliphatic carbocycles. The Kier molecular flexibility index (Phi) is 3.50. The quantitative estimate of drug-likeness (QED) is 0.807. The molecular weight excluding hydrogens is 262 g/mol. The highest BCUT2D eigenvalue weighted by molar-refractivity contribution is 6.04. The maximum absolute atomic E-state index is 12.3. The van der Waals surface area contributed by atoms with Crippen molar-refractivity contribution in [3.05, 3.63) is 23.8 Å². The topological polar surface area (TPSA) is 76.7 Å². The first-order chi connectivity index (χ1) is 9.01. The van der Waals surface area contributed by atoms with Crippen LogP contribution in [0.1, 0.15) is 11.6 Å². The second kappa shape index (κ2) is 5.09. The molecule has 1 atom stereocenters. The van der Waals surface area contributed by atoms with Gasteiger partial charge in [-0.3, -0.25) is 10.1 Å². The van der Waals surface area contributed by atoms with E-state index in [0.29, 0.717) is 5.56 Å². The number of alkyl halides is 2. The Morgan fingerprint density at radius 3 is 2.53 bits per heavy atom. The third-order valence-electron chi connectivity index (χ3n) is 2.51. The first-order valence-corrected chi connectivity index (χ1v) is 5.25. The van der Waals surface area contributed by atoms with Crippen molar-refractivity contribution in [2.75, 3.05) is 7.11 Å². The van der Waals surface area contributed by atoms with Gasteiger partial charge in [-0.1, -0.05) is 6.07 Å². The van der Waals surface area contributed by atoms with Crippen molar-refractivity contribution in [3.8, 4) is 11.5 Å². The van der Waals surface area contributed by atoms with Crippen LogP contribution in [-0.4, -0.2) is 25.7 Å². The van der Waals surface area contributed by atoms with Crippen LogP contribution < -0.4 is 20.1 Å². The van der Waals surface area contributed by atoms with E-state index in [4.69, 9.17) is 4.74 Å². The number of ether oxygens (including phenoxy) is 2. The van der Waals surface area contributed by atoms with Crippen LogP contribution in [0.3, 0.4) is 0 Å². The number of urea groups is 1. The lowest BCUT2D eigenvalue weighted by molar-refractivity contribution is -0.120. The zero-order chi connectivity index (χ0) is 14.0. The lowest BCUT2D eigenvalue weighted by atomic mass is 10.1. The van der Waals surface area contributed by atoms with Gasteiger partial charge in [0.05, 0.1) is 7.11 Å². The molecule has 1 unspecified atom stereocenters. The molecule has 1 aliphatic rings. The SMILES string of the molecule is COc1ccc(C2NC(=O)NC2=O)cc1OC(F)F. The van der Waals surface area contributed by atoms with Gasteiger partial charge in [-0.15, -0.1) is 0 Å². The highest BCUT2D eigenvalue weighted by Gasteiger charge is 2.31. The predicted molar refractivity (Wildman–Crippen MR) is 59.0 cm³/mol. The van der Waals surface area contributed by atoms with Crippen LogP contribution in [0.15, 0.2) is 18.2 Å². The van der Waals surface area contributed by atoms with Crippen molar-refractivity contribution in [3.63, 3.8) is 0 Å². The molecule has 3 amide bonds. The van der Waals surface area contributed by atoms with Crippen LogP contribution in [0.25, 0.3) is 0 Å². The number of carbonyl (C=O) groups is 2. The summed E-state index contributed by atoms with van der Waals surface area (Å²) in [5, 5.41) is 4.40. The number of hydrogen-bond donors (Lipinski definition) is 2. The average molecular weight is 272 g/mol. The van der Waals surface area contributed by atoms with E-state index in [2.05, 4.69) is 10.1 Å².